The number of rotatable bonds is 6. The molecule has 0 bridgehead atoms. The number of carboxylic acid groups (broad SMARTS) is 1. The van der Waals surface area contributed by atoms with Crippen molar-refractivity contribution >= 4 is 5.97 Å². The van der Waals surface area contributed by atoms with Crippen molar-refractivity contribution in [3.05, 3.63) is 24.3 Å². The van der Waals surface area contributed by atoms with E-state index in [9.17, 15) is 9.90 Å². The van der Waals surface area contributed by atoms with Crippen LogP contribution in [0.2, 0.25) is 0 Å². The monoisotopic (exact) mass is 246 g/mol. The van der Waals surface area contributed by atoms with Crippen LogP contribution in [0.25, 0.3) is 0 Å². The summed E-state index contributed by atoms with van der Waals surface area (Å²) >= 11 is 0. The molecule has 0 N–H and O–H groups in total. The second-order valence-corrected chi connectivity index (χ2v) is 3.24. The third kappa shape index (κ3) is 5.44. The summed E-state index contributed by atoms with van der Waals surface area (Å²) in [6.45, 7) is 4.16. The van der Waals surface area contributed by atoms with Gasteiger partial charge in [-0.25, -0.2) is 0 Å². The van der Waals surface area contributed by atoms with Gasteiger partial charge < -0.3 is 19.4 Å². The molecule has 0 radical (unpaired) electrons. The van der Waals surface area contributed by atoms with Crippen molar-refractivity contribution in [3.8, 4) is 11.5 Å². The fourth-order valence-electron chi connectivity index (χ4n) is 1.27. The van der Waals surface area contributed by atoms with Crippen LogP contribution < -0.4 is 44.1 Å². The second-order valence-electron chi connectivity index (χ2n) is 3.24. The van der Waals surface area contributed by atoms with Crippen LogP contribution in [0.5, 0.6) is 11.5 Å². The first-order chi connectivity index (χ1) is 7.67. The molecule has 0 aliphatic rings. The Kier molecular flexibility index (Phi) is 8.04. The molecule has 0 aliphatic heterocycles. The molecule has 0 heterocycles. The van der Waals surface area contributed by atoms with Gasteiger partial charge in [-0.15, -0.1) is 0 Å². The summed E-state index contributed by atoms with van der Waals surface area (Å²) in [5, 5.41) is 10.7. The normalized spacial score (nSPS) is 11.2. The molecule has 1 atom stereocenters. The van der Waals surface area contributed by atoms with Crippen LogP contribution in [0.4, 0.5) is 0 Å². The van der Waals surface area contributed by atoms with Gasteiger partial charge in [0, 0.05) is 6.07 Å². The van der Waals surface area contributed by atoms with Crippen molar-refractivity contribution in [2.24, 2.45) is 0 Å². The van der Waals surface area contributed by atoms with E-state index in [1.165, 1.54) is 0 Å². The van der Waals surface area contributed by atoms with Crippen molar-refractivity contribution in [1.82, 2.24) is 0 Å². The Hall–Kier alpha value is -0.710. The van der Waals surface area contributed by atoms with Crippen LogP contribution in [-0.4, -0.2) is 18.7 Å². The summed E-state index contributed by atoms with van der Waals surface area (Å²) in [5.41, 5.74) is 0. The third-order valence-corrected chi connectivity index (χ3v) is 2.03. The molecule has 0 fully saturated rings. The predicted octanol–water partition coefficient (Wildman–Crippen LogP) is -2.00. The number of carbonyl (C=O) groups excluding carboxylic acids is 1. The van der Waals surface area contributed by atoms with Crippen LogP contribution in [0.15, 0.2) is 24.3 Å². The Morgan fingerprint density at radius 3 is 2.53 bits per heavy atom. The van der Waals surface area contributed by atoms with E-state index >= 15 is 0 Å². The number of hydrogen-bond donors (Lipinski definition) is 0. The van der Waals surface area contributed by atoms with E-state index in [1.54, 1.807) is 31.2 Å². The summed E-state index contributed by atoms with van der Waals surface area (Å²) in [4.78, 5) is 10.7. The van der Waals surface area contributed by atoms with Crippen LogP contribution in [-0.2, 0) is 4.79 Å². The minimum atomic E-state index is -1.20. The number of ether oxygens (including phenoxy) is 2. The fourth-order valence-corrected chi connectivity index (χ4v) is 1.27. The maximum Gasteiger partial charge on any atom is 1.00 e. The van der Waals surface area contributed by atoms with E-state index in [0.717, 1.165) is 0 Å². The summed E-state index contributed by atoms with van der Waals surface area (Å²) in [6.07, 6.45) is -0.557. The largest absolute Gasteiger partial charge is 1.00 e. The van der Waals surface area contributed by atoms with E-state index in [1.807, 2.05) is 6.92 Å². The predicted molar refractivity (Wildman–Crippen MR) is 57.3 cm³/mol. The molecule has 1 aromatic rings. The van der Waals surface area contributed by atoms with Gasteiger partial charge in [-0.05, 0) is 25.5 Å². The number of hydrogen-bond acceptors (Lipinski definition) is 4. The van der Waals surface area contributed by atoms with Gasteiger partial charge in [-0.3, -0.25) is 0 Å². The summed E-state index contributed by atoms with van der Waals surface area (Å²) in [5.74, 6) is -0.0699. The Morgan fingerprint density at radius 2 is 2.00 bits per heavy atom. The zero-order valence-electron chi connectivity index (χ0n) is 10.4. The SMILES string of the molecule is CCOc1cccc(OC(CC)C(=O)[O-])c1.[Na+]. The number of aliphatic carboxylic acids is 1. The Morgan fingerprint density at radius 1 is 1.35 bits per heavy atom. The van der Waals surface area contributed by atoms with Crippen LogP contribution in [0.1, 0.15) is 20.3 Å². The van der Waals surface area contributed by atoms with E-state index in [0.29, 0.717) is 24.5 Å². The van der Waals surface area contributed by atoms with E-state index in [4.69, 9.17) is 9.47 Å². The molecular formula is C12H15NaO4. The molecule has 0 amide bonds. The summed E-state index contributed by atoms with van der Waals surface area (Å²) < 4.78 is 10.5. The van der Waals surface area contributed by atoms with Crippen molar-refractivity contribution in [1.29, 1.82) is 0 Å². The maximum atomic E-state index is 10.7. The third-order valence-electron chi connectivity index (χ3n) is 2.03. The molecule has 5 heteroatoms. The molecule has 17 heavy (non-hydrogen) atoms. The average molecular weight is 246 g/mol. The molecule has 0 aromatic heterocycles. The minimum absolute atomic E-state index is 0. The van der Waals surface area contributed by atoms with Gasteiger partial charge >= 0.3 is 29.6 Å². The molecule has 1 rings (SSSR count). The van der Waals surface area contributed by atoms with Crippen LogP contribution in [0, 0.1) is 0 Å². The van der Waals surface area contributed by atoms with Crippen molar-refractivity contribution < 1.29 is 48.9 Å². The fraction of sp³-hybridized carbons (Fsp3) is 0.417. The zero-order valence-corrected chi connectivity index (χ0v) is 12.4. The molecule has 1 unspecified atom stereocenters. The van der Waals surface area contributed by atoms with Gasteiger partial charge in [0.1, 0.15) is 17.6 Å². The topological polar surface area (TPSA) is 58.6 Å². The smallest absolute Gasteiger partial charge is 0.546 e. The van der Waals surface area contributed by atoms with Crippen LogP contribution in [0.3, 0.4) is 0 Å². The maximum absolute atomic E-state index is 10.7. The first-order valence-electron chi connectivity index (χ1n) is 5.27. The Bertz CT molecular complexity index is 354. The van der Waals surface area contributed by atoms with Crippen LogP contribution >= 0.6 is 0 Å². The average Bonchev–Trinajstić information content (AvgIpc) is 2.26. The number of carboxylic acids is 1. The molecule has 0 saturated heterocycles. The second kappa shape index (κ2) is 8.39. The molecule has 1 aromatic carbocycles. The van der Waals surface area contributed by atoms with Crippen molar-refractivity contribution in [3.63, 3.8) is 0 Å². The van der Waals surface area contributed by atoms with E-state index in [2.05, 4.69) is 0 Å². The van der Waals surface area contributed by atoms with Crippen molar-refractivity contribution in [2.45, 2.75) is 26.4 Å². The molecule has 0 spiro atoms. The summed E-state index contributed by atoms with van der Waals surface area (Å²) in [7, 11) is 0. The standard InChI is InChI=1S/C12H16O4.Na/c1-3-11(12(13)14)16-10-7-5-6-9(8-10)15-4-2;/h5-8,11H,3-4H2,1-2H3,(H,13,14);/q;+1/p-1. The molecule has 0 saturated carbocycles. The molecule has 4 nitrogen and oxygen atoms in total. The Labute approximate surface area is 123 Å². The molecular weight excluding hydrogens is 231 g/mol. The van der Waals surface area contributed by atoms with Gasteiger partial charge in [0.15, 0.2) is 0 Å². The first-order valence-corrected chi connectivity index (χ1v) is 5.27. The van der Waals surface area contributed by atoms with Gasteiger partial charge in [0.25, 0.3) is 0 Å². The van der Waals surface area contributed by atoms with Gasteiger partial charge in [-0.1, -0.05) is 13.0 Å². The summed E-state index contributed by atoms with van der Waals surface area (Å²) in [6, 6.07) is 6.89. The van der Waals surface area contributed by atoms with Gasteiger partial charge in [0.05, 0.1) is 12.6 Å². The minimum Gasteiger partial charge on any atom is -0.546 e. The molecule has 88 valence electrons. The van der Waals surface area contributed by atoms with Crippen molar-refractivity contribution in [2.75, 3.05) is 6.61 Å². The van der Waals surface area contributed by atoms with Gasteiger partial charge in [-0.2, -0.15) is 0 Å². The number of carbonyl (C=O) groups is 1. The Balaban J connectivity index is 0.00000256. The van der Waals surface area contributed by atoms with E-state index < -0.39 is 12.1 Å². The van der Waals surface area contributed by atoms with E-state index in [-0.39, 0.29) is 29.6 Å². The van der Waals surface area contributed by atoms with Gasteiger partial charge in [0.2, 0.25) is 0 Å². The number of benzene rings is 1. The zero-order chi connectivity index (χ0) is 12.0. The first kappa shape index (κ1) is 16.3. The quantitative estimate of drug-likeness (QED) is 0.545. The molecule has 0 aliphatic carbocycles.